The zero-order valence-electron chi connectivity index (χ0n) is 39.6. The molecule has 10 atom stereocenters. The van der Waals surface area contributed by atoms with Crippen molar-refractivity contribution < 1.29 is 70.4 Å². The van der Waals surface area contributed by atoms with Crippen LogP contribution in [0.2, 0.25) is 102 Å². The van der Waals surface area contributed by atoms with Crippen LogP contribution >= 0.6 is 0 Å². The van der Waals surface area contributed by atoms with E-state index in [0.717, 1.165) is 26.2 Å². The molecule has 60 heavy (non-hydrogen) atoms. The lowest BCUT2D eigenvalue weighted by molar-refractivity contribution is -0.119. The molecule has 1 saturated heterocycles. The summed E-state index contributed by atoms with van der Waals surface area (Å²) in [5, 5.41) is 105. The third-order valence-electron chi connectivity index (χ3n) is 10.5. The average Bonchev–Trinajstić information content (AvgIpc) is 3.98. The number of nitrogens with one attached hydrogen (secondary N) is 1. The third-order valence-corrected chi connectivity index (χ3v) is 21.6. The topological polar surface area (TPSA) is 269 Å². The molecule has 20 heteroatoms. The highest BCUT2D eigenvalue weighted by Crippen LogP contribution is 2.25. The van der Waals surface area contributed by atoms with Crippen molar-refractivity contribution in [1.29, 1.82) is 0 Å². The Hall–Kier alpha value is 0.228. The van der Waals surface area contributed by atoms with E-state index in [1.807, 2.05) is 0 Å². The van der Waals surface area contributed by atoms with Crippen molar-refractivity contribution in [2.75, 3.05) is 80.0 Å². The first kappa shape index (κ1) is 62.3. The zero-order chi connectivity index (χ0) is 46.9. The number of likely N-dealkylation sites (N-methyl/N-ethyl adjacent to an activating group) is 2. The first-order chi connectivity index (χ1) is 27.5. The number of rotatable bonds is 32. The minimum absolute atomic E-state index is 0.00961. The van der Waals surface area contributed by atoms with Crippen molar-refractivity contribution >= 4 is 32.3 Å². The maximum atomic E-state index is 10.1. The highest BCUT2D eigenvalue weighted by Gasteiger charge is 2.32. The summed E-state index contributed by atoms with van der Waals surface area (Å²) in [5.74, 6) is 0. The predicted octanol–water partition coefficient (Wildman–Crippen LogP) is 0.649. The van der Waals surface area contributed by atoms with Gasteiger partial charge in [0.2, 0.25) is 0 Å². The van der Waals surface area contributed by atoms with Gasteiger partial charge in [0.05, 0.1) is 51.3 Å². The Morgan fingerprint density at radius 1 is 0.583 bits per heavy atom. The highest BCUT2D eigenvalue weighted by atomic mass is 28.3. The van der Waals surface area contributed by atoms with Gasteiger partial charge in [0.25, 0.3) is 0 Å². The number of nitrogens with zero attached hydrogens (tertiary/aromatic N) is 1. The molecule has 0 bridgehead atoms. The van der Waals surface area contributed by atoms with Gasteiger partial charge in [-0.2, -0.15) is 0 Å². The first-order valence-electron chi connectivity index (χ1n) is 22.0. The van der Waals surface area contributed by atoms with Crippen molar-refractivity contribution in [2.45, 2.75) is 176 Å². The molecule has 12 N–H and O–H groups in total. The van der Waals surface area contributed by atoms with Crippen LogP contribution in [0.5, 0.6) is 0 Å². The van der Waals surface area contributed by atoms with Crippen molar-refractivity contribution in [1.82, 2.24) is 10.2 Å². The highest BCUT2D eigenvalue weighted by molar-refractivity contribution is 6.82. The van der Waals surface area contributed by atoms with Crippen LogP contribution in [0.15, 0.2) is 0 Å². The molecule has 1 fully saturated rings. The Balaban J connectivity index is 0. The fourth-order valence-corrected chi connectivity index (χ4v) is 20.1. The minimum Gasteiger partial charge on any atom is -0.394 e. The number of aliphatic hydroxyl groups excluding tert-OH is 11. The fraction of sp³-hybridized carbons (Fsp3) is 1.00. The standard InChI is InChI=1S/C20H47NO7Si2.C13H30O2Si2.C7H17NO5/c1-21(13-17(24)19(26)20(27)18(25)14-22)12-16(23)15-28-8-7-9-30(5,6)11-10-29(2,3)4;1-16(2,3)9-10-17(4,5)8-6-7-14-11-13-12-15-13;1-8-2-4(10)6(12)7(13)5(11)3-9/h16-20,22-27H,7-15H2,1-6H3;13H,6-12H2,1-5H3;4-13H,2-3H2,1H3. The molecule has 0 amide bonds. The number of aliphatic hydroxyl groups is 11. The minimum atomic E-state index is -1.65. The van der Waals surface area contributed by atoms with Crippen LogP contribution in [0.25, 0.3) is 0 Å². The molecular formula is C40H94N2O14Si4. The number of epoxide rings is 1. The van der Waals surface area contributed by atoms with Crippen LogP contribution < -0.4 is 5.32 Å². The molecule has 1 rings (SSSR count). The summed E-state index contributed by atoms with van der Waals surface area (Å²) in [5.41, 5.74) is 0. The van der Waals surface area contributed by atoms with Crippen LogP contribution in [0.4, 0.5) is 0 Å². The Labute approximate surface area is 367 Å². The molecule has 0 spiro atoms. The molecule has 0 radical (unpaired) electrons. The quantitative estimate of drug-likeness (QED) is 0.0251. The Bertz CT molecular complexity index is 1040. The normalized spacial score (nSPS) is 19.5. The second-order valence-corrected chi connectivity index (χ2v) is 42.7. The van der Waals surface area contributed by atoms with E-state index in [4.69, 9.17) is 39.7 Å². The fourth-order valence-electron chi connectivity index (χ4n) is 5.95. The van der Waals surface area contributed by atoms with Crippen molar-refractivity contribution in [2.24, 2.45) is 0 Å². The van der Waals surface area contributed by atoms with Gasteiger partial charge in [-0.1, -0.05) is 102 Å². The van der Waals surface area contributed by atoms with Crippen LogP contribution in [0.3, 0.4) is 0 Å². The van der Waals surface area contributed by atoms with Gasteiger partial charge in [-0.15, -0.1) is 0 Å². The second-order valence-electron chi connectivity index (χ2n) is 20.8. The average molecular weight is 940 g/mol. The van der Waals surface area contributed by atoms with Gasteiger partial charge >= 0.3 is 0 Å². The van der Waals surface area contributed by atoms with Crippen molar-refractivity contribution in [3.63, 3.8) is 0 Å². The lowest BCUT2D eigenvalue weighted by Gasteiger charge is -2.29. The monoisotopic (exact) mass is 939 g/mol. The third kappa shape index (κ3) is 34.6. The summed E-state index contributed by atoms with van der Waals surface area (Å²) in [7, 11) is -0.729. The molecule has 364 valence electrons. The summed E-state index contributed by atoms with van der Waals surface area (Å²) < 4.78 is 16.3. The molecule has 1 aliphatic heterocycles. The largest absolute Gasteiger partial charge is 0.394 e. The summed E-state index contributed by atoms with van der Waals surface area (Å²) in [4.78, 5) is 1.62. The van der Waals surface area contributed by atoms with Crippen LogP contribution in [-0.2, 0) is 14.2 Å². The van der Waals surface area contributed by atoms with E-state index >= 15 is 0 Å². The van der Waals surface area contributed by atoms with Gasteiger partial charge in [-0.25, -0.2) is 0 Å². The Kier molecular flexibility index (Phi) is 33.2. The predicted molar refractivity (Wildman–Crippen MR) is 251 cm³/mol. The number of hydrogen-bond donors (Lipinski definition) is 12. The van der Waals surface area contributed by atoms with E-state index in [-0.39, 0.29) is 26.2 Å². The smallest absolute Gasteiger partial charge is 0.111 e. The molecule has 0 aromatic heterocycles. The van der Waals surface area contributed by atoms with E-state index < -0.39 is 100 Å². The van der Waals surface area contributed by atoms with Crippen molar-refractivity contribution in [3.8, 4) is 0 Å². The summed E-state index contributed by atoms with van der Waals surface area (Å²) >= 11 is 0. The van der Waals surface area contributed by atoms with Crippen LogP contribution in [-0.4, -0.2) is 234 Å². The van der Waals surface area contributed by atoms with Gasteiger partial charge in [-0.05, 0) is 26.9 Å². The molecule has 0 aliphatic carbocycles. The number of hydrogen-bond acceptors (Lipinski definition) is 16. The lowest BCUT2D eigenvalue weighted by atomic mass is 10.0. The van der Waals surface area contributed by atoms with E-state index in [9.17, 15) is 30.6 Å². The molecule has 16 nitrogen and oxygen atoms in total. The lowest BCUT2D eigenvalue weighted by Crippen LogP contribution is -2.50. The van der Waals surface area contributed by atoms with Gasteiger partial charge < -0.3 is 80.6 Å². The number of ether oxygens (including phenoxy) is 3. The van der Waals surface area contributed by atoms with E-state index in [1.165, 1.54) is 42.7 Å². The summed E-state index contributed by atoms with van der Waals surface area (Å²) in [6, 6.07) is 8.41. The summed E-state index contributed by atoms with van der Waals surface area (Å²) in [6.45, 7) is 27.1. The molecule has 0 aromatic carbocycles. The molecule has 0 saturated carbocycles. The van der Waals surface area contributed by atoms with Crippen LogP contribution in [0.1, 0.15) is 12.8 Å². The molecule has 10 unspecified atom stereocenters. The molecular weight excluding hydrogens is 845 g/mol. The van der Waals surface area contributed by atoms with Crippen molar-refractivity contribution in [3.05, 3.63) is 0 Å². The van der Waals surface area contributed by atoms with Gasteiger partial charge in [0.1, 0.15) is 42.7 Å². The van der Waals surface area contributed by atoms with Crippen LogP contribution in [0, 0.1) is 0 Å². The molecule has 0 aromatic rings. The maximum Gasteiger partial charge on any atom is 0.111 e. The van der Waals surface area contributed by atoms with Gasteiger partial charge in [0.15, 0.2) is 0 Å². The van der Waals surface area contributed by atoms with Gasteiger partial charge in [0, 0.05) is 65.1 Å². The van der Waals surface area contributed by atoms with Gasteiger partial charge in [-0.3, -0.25) is 0 Å². The van der Waals surface area contributed by atoms with E-state index in [2.05, 4.69) is 70.8 Å². The molecule has 1 heterocycles. The second kappa shape index (κ2) is 32.0. The SMILES string of the molecule is CN(CC(O)COCCC[Si](C)(C)CC[Si](C)(C)C)CC(O)C(O)C(O)C(O)CO.CNCC(O)C(O)C(O)C(O)CO.C[Si](C)(C)CC[Si](C)(C)CCCOCC1CO1. The molecule has 1 aliphatic rings. The zero-order valence-corrected chi connectivity index (χ0v) is 43.6. The Morgan fingerprint density at radius 2 is 0.983 bits per heavy atom. The van der Waals surface area contributed by atoms with E-state index in [1.54, 1.807) is 19.0 Å². The Morgan fingerprint density at radius 3 is 1.37 bits per heavy atom. The summed E-state index contributed by atoms with van der Waals surface area (Å²) in [6.07, 6.45) is -9.81. The maximum absolute atomic E-state index is 10.1. The van der Waals surface area contributed by atoms with E-state index in [0.29, 0.717) is 12.7 Å². The first-order valence-corrected chi connectivity index (χ1v) is 36.2.